The number of rotatable bonds is 4. The molecular formula is C30H30N2O4. The van der Waals surface area contributed by atoms with Gasteiger partial charge in [0.05, 0.1) is 18.2 Å². The van der Waals surface area contributed by atoms with Gasteiger partial charge in [0.2, 0.25) is 0 Å². The van der Waals surface area contributed by atoms with Gasteiger partial charge in [0.1, 0.15) is 11.5 Å². The summed E-state index contributed by atoms with van der Waals surface area (Å²) in [6.07, 6.45) is 4.12. The van der Waals surface area contributed by atoms with Gasteiger partial charge in [-0.05, 0) is 69.2 Å². The van der Waals surface area contributed by atoms with Crippen LogP contribution >= 0.6 is 0 Å². The van der Waals surface area contributed by atoms with Crippen LogP contribution in [0.15, 0.2) is 54.6 Å². The Morgan fingerprint density at radius 3 is 2.64 bits per heavy atom. The molecule has 0 aliphatic carbocycles. The summed E-state index contributed by atoms with van der Waals surface area (Å²) >= 11 is 0. The lowest BCUT2D eigenvalue weighted by Gasteiger charge is -2.35. The third-order valence-corrected chi connectivity index (χ3v) is 6.50. The van der Waals surface area contributed by atoms with Gasteiger partial charge in [-0.15, -0.1) is 0 Å². The van der Waals surface area contributed by atoms with Crippen LogP contribution < -0.4 is 20.1 Å². The molecule has 0 saturated carbocycles. The zero-order valence-corrected chi connectivity index (χ0v) is 21.2. The van der Waals surface area contributed by atoms with Crippen LogP contribution in [-0.2, 0) is 0 Å². The molecule has 5 rings (SSSR count). The highest BCUT2D eigenvalue weighted by atomic mass is 16.5. The summed E-state index contributed by atoms with van der Waals surface area (Å²) in [5.41, 5.74) is 6.71. The lowest BCUT2D eigenvalue weighted by atomic mass is 9.82. The average Bonchev–Trinajstić information content (AvgIpc) is 2.83. The highest BCUT2D eigenvalue weighted by Gasteiger charge is 2.33. The van der Waals surface area contributed by atoms with Crippen LogP contribution in [0.2, 0.25) is 0 Å². The van der Waals surface area contributed by atoms with Gasteiger partial charge >= 0.3 is 0 Å². The fourth-order valence-corrected chi connectivity index (χ4v) is 5.18. The van der Waals surface area contributed by atoms with E-state index >= 15 is 0 Å². The zero-order chi connectivity index (χ0) is 25.6. The number of allylic oxidation sites excluding steroid dienone is 1. The van der Waals surface area contributed by atoms with E-state index in [-0.39, 0.29) is 17.2 Å². The molecule has 3 N–H and O–H groups in total. The summed E-state index contributed by atoms with van der Waals surface area (Å²) in [5, 5.41) is 17.0. The minimum absolute atomic E-state index is 0.0454. The third-order valence-electron chi connectivity index (χ3n) is 6.50. The van der Waals surface area contributed by atoms with Crippen molar-refractivity contribution in [3.63, 3.8) is 0 Å². The van der Waals surface area contributed by atoms with E-state index < -0.39 is 0 Å². The van der Waals surface area contributed by atoms with Gasteiger partial charge in [0.15, 0.2) is 11.5 Å². The minimum atomic E-state index is -0.205. The normalized spacial score (nSPS) is 16.0. The van der Waals surface area contributed by atoms with Gasteiger partial charge in [-0.2, -0.15) is 0 Å². The first-order valence-corrected chi connectivity index (χ1v) is 12.1. The summed E-state index contributed by atoms with van der Waals surface area (Å²) in [6.45, 7) is 8.79. The molecule has 2 heterocycles. The van der Waals surface area contributed by atoms with Crippen molar-refractivity contribution in [2.24, 2.45) is 0 Å². The highest BCUT2D eigenvalue weighted by molar-refractivity contribution is 6.04. The smallest absolute Gasteiger partial charge is 0.251 e. The molecule has 184 valence electrons. The fraction of sp³-hybridized carbons (Fsp3) is 0.233. The molecule has 3 aromatic carbocycles. The van der Waals surface area contributed by atoms with E-state index in [1.807, 2.05) is 43.3 Å². The predicted octanol–water partition coefficient (Wildman–Crippen LogP) is 6.32. The van der Waals surface area contributed by atoms with Gasteiger partial charge in [0, 0.05) is 34.5 Å². The van der Waals surface area contributed by atoms with Crippen molar-refractivity contribution in [2.45, 2.75) is 33.2 Å². The SMILES string of the molecule is CCNC(=O)c1ccccc1/C=C1\Oc2ccc(O)c(OC)c2-c2ccc3c(c21)C(C)=CC(C)(C)N3. The number of fused-ring (bicyclic) bond motifs is 5. The maximum Gasteiger partial charge on any atom is 0.251 e. The molecule has 0 unspecified atom stereocenters. The van der Waals surface area contributed by atoms with Gasteiger partial charge < -0.3 is 25.2 Å². The van der Waals surface area contributed by atoms with Crippen molar-refractivity contribution in [3.05, 3.63) is 76.9 Å². The Bertz CT molecular complexity index is 1450. The van der Waals surface area contributed by atoms with Crippen molar-refractivity contribution in [3.8, 4) is 28.4 Å². The number of hydrogen-bond acceptors (Lipinski definition) is 5. The molecule has 0 aromatic heterocycles. The summed E-state index contributed by atoms with van der Waals surface area (Å²) in [6, 6.07) is 14.9. The molecule has 2 aliphatic heterocycles. The number of methoxy groups -OCH3 is 1. The summed E-state index contributed by atoms with van der Waals surface area (Å²) < 4.78 is 12.1. The molecular weight excluding hydrogens is 452 g/mol. The Labute approximate surface area is 211 Å². The van der Waals surface area contributed by atoms with E-state index in [9.17, 15) is 9.90 Å². The second-order valence-electron chi connectivity index (χ2n) is 9.63. The molecule has 0 fully saturated rings. The molecule has 6 nitrogen and oxygen atoms in total. The Kier molecular flexibility index (Phi) is 5.75. The van der Waals surface area contributed by atoms with Crippen LogP contribution in [0.25, 0.3) is 28.5 Å². The van der Waals surface area contributed by atoms with E-state index in [2.05, 4.69) is 43.5 Å². The van der Waals surface area contributed by atoms with Crippen LogP contribution in [0, 0.1) is 0 Å². The van der Waals surface area contributed by atoms with Crippen molar-refractivity contribution >= 4 is 29.0 Å². The number of hydrogen-bond donors (Lipinski definition) is 3. The molecule has 0 saturated heterocycles. The number of amides is 1. The number of anilines is 1. The van der Waals surface area contributed by atoms with Gasteiger partial charge in [-0.1, -0.05) is 30.3 Å². The molecule has 1 amide bonds. The first kappa shape index (κ1) is 23.5. The van der Waals surface area contributed by atoms with Crippen LogP contribution in [0.3, 0.4) is 0 Å². The molecule has 0 atom stereocenters. The summed E-state index contributed by atoms with van der Waals surface area (Å²) in [5.74, 6) is 1.46. The monoisotopic (exact) mass is 482 g/mol. The van der Waals surface area contributed by atoms with Gasteiger partial charge in [0.25, 0.3) is 5.91 Å². The zero-order valence-electron chi connectivity index (χ0n) is 21.2. The Balaban J connectivity index is 1.81. The van der Waals surface area contributed by atoms with Crippen molar-refractivity contribution in [1.82, 2.24) is 5.32 Å². The van der Waals surface area contributed by atoms with E-state index in [4.69, 9.17) is 9.47 Å². The standard InChI is InChI=1S/C30H30N2O4/c1-6-31-29(34)19-10-8-7-9-18(19)15-24-26-20(27-23(36-24)14-13-22(33)28(27)35-5)11-12-21-25(26)17(2)16-30(3,4)32-21/h7-16,32-33H,6H2,1-5H3,(H,31,34)/b24-15-. The van der Waals surface area contributed by atoms with Gasteiger partial charge in [-0.3, -0.25) is 4.79 Å². The molecule has 0 radical (unpaired) electrons. The lowest BCUT2D eigenvalue weighted by molar-refractivity contribution is 0.0955. The second-order valence-corrected chi connectivity index (χ2v) is 9.63. The quantitative estimate of drug-likeness (QED) is 0.406. The molecule has 6 heteroatoms. The number of ether oxygens (including phenoxy) is 2. The van der Waals surface area contributed by atoms with E-state index in [0.717, 1.165) is 33.5 Å². The fourth-order valence-electron chi connectivity index (χ4n) is 5.18. The van der Waals surface area contributed by atoms with Crippen LogP contribution in [0.5, 0.6) is 17.2 Å². The number of phenolic OH excluding ortho intramolecular Hbond substituents is 1. The number of carbonyl (C=O) groups is 1. The van der Waals surface area contributed by atoms with Crippen LogP contribution in [-0.4, -0.2) is 30.2 Å². The maximum absolute atomic E-state index is 12.8. The van der Waals surface area contributed by atoms with Crippen molar-refractivity contribution in [1.29, 1.82) is 0 Å². The average molecular weight is 483 g/mol. The van der Waals surface area contributed by atoms with Crippen molar-refractivity contribution in [2.75, 3.05) is 19.0 Å². The minimum Gasteiger partial charge on any atom is -0.504 e. The van der Waals surface area contributed by atoms with E-state index in [1.54, 1.807) is 12.1 Å². The summed E-state index contributed by atoms with van der Waals surface area (Å²) in [4.78, 5) is 12.8. The Hall–Kier alpha value is -4.19. The molecule has 2 aliphatic rings. The van der Waals surface area contributed by atoms with Crippen LogP contribution in [0.4, 0.5) is 5.69 Å². The van der Waals surface area contributed by atoms with Crippen LogP contribution in [0.1, 0.15) is 54.7 Å². The number of nitrogens with one attached hydrogen (secondary N) is 2. The number of aromatic hydroxyl groups is 1. The highest BCUT2D eigenvalue weighted by Crippen LogP contribution is 2.54. The van der Waals surface area contributed by atoms with E-state index in [1.165, 1.54) is 7.11 Å². The molecule has 0 bridgehead atoms. The molecule has 36 heavy (non-hydrogen) atoms. The molecule has 3 aromatic rings. The van der Waals surface area contributed by atoms with Gasteiger partial charge in [-0.25, -0.2) is 0 Å². The maximum atomic E-state index is 12.8. The molecule has 0 spiro atoms. The summed E-state index contributed by atoms with van der Waals surface area (Å²) in [7, 11) is 1.54. The first-order valence-electron chi connectivity index (χ1n) is 12.1. The van der Waals surface area contributed by atoms with Crippen molar-refractivity contribution < 1.29 is 19.4 Å². The third kappa shape index (κ3) is 3.88. The topological polar surface area (TPSA) is 79.8 Å². The first-order chi connectivity index (χ1) is 17.2. The Morgan fingerprint density at radius 1 is 1.11 bits per heavy atom. The number of phenols is 1. The van der Waals surface area contributed by atoms with E-state index in [0.29, 0.717) is 34.9 Å². The predicted molar refractivity (Wildman–Crippen MR) is 144 cm³/mol. The largest absolute Gasteiger partial charge is 0.504 e. The Morgan fingerprint density at radius 2 is 1.89 bits per heavy atom. The lowest BCUT2D eigenvalue weighted by Crippen LogP contribution is -2.32. The second kappa shape index (κ2) is 8.79. The number of carbonyl (C=O) groups excluding carboxylic acids is 1. The number of benzene rings is 3.